The molecule has 1 atom stereocenters. The first-order valence-electron chi connectivity index (χ1n) is 5.63. The van der Waals surface area contributed by atoms with Crippen LogP contribution in [-0.2, 0) is 0 Å². The summed E-state index contributed by atoms with van der Waals surface area (Å²) in [4.78, 5) is 0. The van der Waals surface area contributed by atoms with E-state index in [1.165, 1.54) is 0 Å². The number of hydrogen-bond acceptors (Lipinski definition) is 2. The molecule has 0 spiro atoms. The van der Waals surface area contributed by atoms with Crippen molar-refractivity contribution < 1.29 is 0 Å². The van der Waals surface area contributed by atoms with Crippen LogP contribution in [0, 0.1) is 17.2 Å². The first-order chi connectivity index (χ1) is 8.06. The third kappa shape index (κ3) is 4.20. The van der Waals surface area contributed by atoms with Crippen molar-refractivity contribution >= 4 is 23.2 Å². The minimum absolute atomic E-state index is 0.449. The third-order valence-corrected chi connectivity index (χ3v) is 3.15. The summed E-state index contributed by atoms with van der Waals surface area (Å²) in [5.41, 5.74) is 0.669. The molecule has 0 radical (unpaired) electrons. The van der Waals surface area contributed by atoms with Crippen LogP contribution in [0.3, 0.4) is 0 Å². The summed E-state index contributed by atoms with van der Waals surface area (Å²) in [6.45, 7) is 5.06. The molecule has 0 fully saturated rings. The van der Waals surface area contributed by atoms with Crippen LogP contribution < -0.4 is 5.32 Å². The Morgan fingerprint density at radius 1 is 1.29 bits per heavy atom. The van der Waals surface area contributed by atoms with Gasteiger partial charge in [-0.3, -0.25) is 5.32 Å². The van der Waals surface area contributed by atoms with Gasteiger partial charge in [0.05, 0.1) is 6.07 Å². The Balaban J connectivity index is 2.77. The zero-order valence-corrected chi connectivity index (χ0v) is 11.5. The monoisotopic (exact) mass is 270 g/mol. The summed E-state index contributed by atoms with van der Waals surface area (Å²) in [6, 6.07) is 7.01. The molecule has 0 aliphatic carbocycles. The van der Waals surface area contributed by atoms with Crippen molar-refractivity contribution in [2.75, 3.05) is 6.54 Å². The lowest BCUT2D eigenvalue weighted by atomic mass is 10.1. The van der Waals surface area contributed by atoms with E-state index in [4.69, 9.17) is 28.5 Å². The molecule has 0 heterocycles. The Morgan fingerprint density at radius 2 is 1.88 bits per heavy atom. The summed E-state index contributed by atoms with van der Waals surface area (Å²) in [5, 5.41) is 13.4. The van der Waals surface area contributed by atoms with Gasteiger partial charge in [-0.05, 0) is 31.0 Å². The summed E-state index contributed by atoms with van der Waals surface area (Å²) < 4.78 is 0. The number of rotatable bonds is 5. The average Bonchev–Trinajstić information content (AvgIpc) is 2.26. The molecule has 2 nitrogen and oxygen atoms in total. The lowest BCUT2D eigenvalue weighted by Crippen LogP contribution is -2.22. The predicted octanol–water partition coefficient (Wildman–Crippen LogP) is 4.19. The van der Waals surface area contributed by atoms with E-state index >= 15 is 0 Å². The van der Waals surface area contributed by atoms with Gasteiger partial charge in [-0.25, -0.2) is 0 Å². The number of nitrogens with one attached hydrogen (secondary N) is 1. The van der Waals surface area contributed by atoms with Crippen LogP contribution in [0.2, 0.25) is 10.0 Å². The smallest absolute Gasteiger partial charge is 0.124 e. The van der Waals surface area contributed by atoms with E-state index in [2.05, 4.69) is 25.2 Å². The van der Waals surface area contributed by atoms with E-state index < -0.39 is 6.04 Å². The highest BCUT2D eigenvalue weighted by Crippen LogP contribution is 2.29. The fraction of sp³-hybridized carbons (Fsp3) is 0.462. The van der Waals surface area contributed by atoms with Crippen molar-refractivity contribution in [2.24, 2.45) is 5.92 Å². The number of benzene rings is 1. The summed E-state index contributed by atoms with van der Waals surface area (Å²) in [7, 11) is 0. The van der Waals surface area contributed by atoms with E-state index in [1.807, 2.05) is 0 Å². The zero-order chi connectivity index (χ0) is 12.8. The van der Waals surface area contributed by atoms with Crippen molar-refractivity contribution in [1.29, 1.82) is 5.26 Å². The van der Waals surface area contributed by atoms with E-state index in [9.17, 15) is 0 Å². The summed E-state index contributed by atoms with van der Waals surface area (Å²) >= 11 is 12.1. The SMILES string of the molecule is CC(C)CCNC(C#N)c1c(Cl)cccc1Cl. The minimum Gasteiger partial charge on any atom is -0.298 e. The molecule has 17 heavy (non-hydrogen) atoms. The predicted molar refractivity (Wildman–Crippen MR) is 72.3 cm³/mol. The molecule has 1 aromatic rings. The molecule has 1 aromatic carbocycles. The van der Waals surface area contributed by atoms with Gasteiger partial charge in [0.1, 0.15) is 6.04 Å². The van der Waals surface area contributed by atoms with Gasteiger partial charge in [0.2, 0.25) is 0 Å². The molecule has 0 amide bonds. The van der Waals surface area contributed by atoms with Gasteiger partial charge in [0, 0.05) is 15.6 Å². The number of nitriles is 1. The molecule has 0 aromatic heterocycles. The molecule has 1 rings (SSSR count). The quantitative estimate of drug-likeness (QED) is 0.871. The number of halogens is 2. The van der Waals surface area contributed by atoms with Gasteiger partial charge in [-0.15, -0.1) is 0 Å². The Kier molecular flexibility index (Phi) is 5.77. The Morgan fingerprint density at radius 3 is 2.35 bits per heavy atom. The van der Waals surface area contributed by atoms with Crippen molar-refractivity contribution in [3.8, 4) is 6.07 Å². The molecular formula is C13H16Cl2N2. The molecule has 0 aliphatic rings. The van der Waals surface area contributed by atoms with Crippen molar-refractivity contribution in [2.45, 2.75) is 26.3 Å². The molecule has 0 saturated heterocycles. The van der Waals surface area contributed by atoms with E-state index in [-0.39, 0.29) is 0 Å². The van der Waals surface area contributed by atoms with Crippen LogP contribution >= 0.6 is 23.2 Å². The first kappa shape index (κ1) is 14.3. The van der Waals surface area contributed by atoms with Crippen LogP contribution in [0.25, 0.3) is 0 Å². The van der Waals surface area contributed by atoms with Gasteiger partial charge >= 0.3 is 0 Å². The van der Waals surface area contributed by atoms with E-state index in [1.54, 1.807) is 18.2 Å². The van der Waals surface area contributed by atoms with Gasteiger partial charge in [-0.2, -0.15) is 5.26 Å². The van der Waals surface area contributed by atoms with Crippen molar-refractivity contribution in [1.82, 2.24) is 5.32 Å². The maximum absolute atomic E-state index is 9.16. The Labute approximate surface area is 113 Å². The maximum Gasteiger partial charge on any atom is 0.124 e. The van der Waals surface area contributed by atoms with Crippen LogP contribution in [0.15, 0.2) is 18.2 Å². The van der Waals surface area contributed by atoms with Crippen LogP contribution in [-0.4, -0.2) is 6.54 Å². The molecule has 92 valence electrons. The van der Waals surface area contributed by atoms with E-state index in [0.717, 1.165) is 13.0 Å². The molecule has 0 saturated carbocycles. The van der Waals surface area contributed by atoms with Crippen molar-refractivity contribution in [3.05, 3.63) is 33.8 Å². The third-order valence-electron chi connectivity index (χ3n) is 2.49. The summed E-state index contributed by atoms with van der Waals surface area (Å²) in [5.74, 6) is 0.601. The van der Waals surface area contributed by atoms with Crippen LogP contribution in [0.5, 0.6) is 0 Å². The van der Waals surface area contributed by atoms with Crippen molar-refractivity contribution in [3.63, 3.8) is 0 Å². The molecular weight excluding hydrogens is 255 g/mol. The normalized spacial score (nSPS) is 12.5. The van der Waals surface area contributed by atoms with E-state index in [0.29, 0.717) is 21.5 Å². The molecule has 4 heteroatoms. The average molecular weight is 271 g/mol. The molecule has 0 aliphatic heterocycles. The van der Waals surface area contributed by atoms with Gasteiger partial charge < -0.3 is 0 Å². The topological polar surface area (TPSA) is 35.8 Å². The fourth-order valence-corrected chi connectivity index (χ4v) is 2.13. The minimum atomic E-state index is -0.449. The molecule has 1 unspecified atom stereocenters. The van der Waals surface area contributed by atoms with Gasteiger partial charge in [0.15, 0.2) is 0 Å². The molecule has 1 N–H and O–H groups in total. The second kappa shape index (κ2) is 6.86. The second-order valence-electron chi connectivity index (χ2n) is 4.33. The Bertz CT molecular complexity index is 390. The highest BCUT2D eigenvalue weighted by Gasteiger charge is 2.16. The zero-order valence-electron chi connectivity index (χ0n) is 10.0. The lowest BCUT2D eigenvalue weighted by molar-refractivity contribution is 0.519. The van der Waals surface area contributed by atoms with Gasteiger partial charge in [-0.1, -0.05) is 43.1 Å². The molecule has 0 bridgehead atoms. The maximum atomic E-state index is 9.16. The Hall–Kier alpha value is -0.750. The highest BCUT2D eigenvalue weighted by atomic mass is 35.5. The first-order valence-corrected chi connectivity index (χ1v) is 6.38. The summed E-state index contributed by atoms with van der Waals surface area (Å²) in [6.07, 6.45) is 1.01. The standard InChI is InChI=1S/C13H16Cl2N2/c1-9(2)6-7-17-12(8-16)13-10(14)4-3-5-11(13)15/h3-5,9,12,17H,6-7H2,1-2H3. The number of nitrogens with zero attached hydrogens (tertiary/aromatic N) is 1. The van der Waals surface area contributed by atoms with Crippen LogP contribution in [0.4, 0.5) is 0 Å². The largest absolute Gasteiger partial charge is 0.298 e. The lowest BCUT2D eigenvalue weighted by Gasteiger charge is -2.15. The van der Waals surface area contributed by atoms with Crippen LogP contribution in [0.1, 0.15) is 31.9 Å². The van der Waals surface area contributed by atoms with Gasteiger partial charge in [0.25, 0.3) is 0 Å². The number of hydrogen-bond donors (Lipinski definition) is 1. The highest BCUT2D eigenvalue weighted by molar-refractivity contribution is 6.36. The second-order valence-corrected chi connectivity index (χ2v) is 5.15. The fourth-order valence-electron chi connectivity index (χ4n) is 1.52.